The Kier molecular flexibility index (Phi) is 5.06. The maximum atomic E-state index is 13.1. The highest BCUT2D eigenvalue weighted by molar-refractivity contribution is 5.37. The molecule has 1 N–H and O–H groups in total. The molecule has 2 aliphatic rings. The summed E-state index contributed by atoms with van der Waals surface area (Å²) in [4.78, 5) is 2.44. The summed E-state index contributed by atoms with van der Waals surface area (Å²) in [5.74, 6) is 0.646. The minimum absolute atomic E-state index is 0.130. The molecule has 2 heterocycles. The zero-order valence-corrected chi connectivity index (χ0v) is 12.3. The van der Waals surface area contributed by atoms with E-state index in [0.29, 0.717) is 0 Å². The zero-order valence-electron chi connectivity index (χ0n) is 12.3. The number of fused-ring (bicyclic) bond motifs is 1. The highest BCUT2D eigenvalue weighted by Gasteiger charge is 2.22. The molecule has 116 valence electrons. The van der Waals surface area contributed by atoms with Gasteiger partial charge in [-0.15, -0.1) is 0 Å². The van der Waals surface area contributed by atoms with Crippen LogP contribution in [-0.4, -0.2) is 56.9 Å². The lowest BCUT2D eigenvalue weighted by atomic mass is 10.1. The van der Waals surface area contributed by atoms with Crippen molar-refractivity contribution >= 4 is 0 Å². The number of morpholine rings is 1. The first-order chi connectivity index (χ1) is 10.3. The van der Waals surface area contributed by atoms with Crippen molar-refractivity contribution in [1.82, 2.24) is 10.2 Å². The molecule has 4 nitrogen and oxygen atoms in total. The second-order valence-corrected chi connectivity index (χ2v) is 5.71. The van der Waals surface area contributed by atoms with Gasteiger partial charge in [0.15, 0.2) is 0 Å². The fourth-order valence-electron chi connectivity index (χ4n) is 2.92. The van der Waals surface area contributed by atoms with Crippen LogP contribution in [0.2, 0.25) is 0 Å². The molecule has 0 aromatic heterocycles. The van der Waals surface area contributed by atoms with E-state index in [1.807, 2.05) is 0 Å². The van der Waals surface area contributed by atoms with Crippen molar-refractivity contribution < 1.29 is 13.9 Å². The monoisotopic (exact) mass is 294 g/mol. The number of nitrogens with zero attached hydrogens (tertiary/aromatic N) is 1. The molecule has 21 heavy (non-hydrogen) atoms. The lowest BCUT2D eigenvalue weighted by molar-refractivity contribution is 0.0374. The summed E-state index contributed by atoms with van der Waals surface area (Å²) < 4.78 is 24.3. The van der Waals surface area contributed by atoms with Gasteiger partial charge in [-0.2, -0.15) is 0 Å². The van der Waals surface area contributed by atoms with Crippen LogP contribution in [0.15, 0.2) is 18.2 Å². The Labute approximate surface area is 125 Å². The number of benzene rings is 1. The van der Waals surface area contributed by atoms with Crippen LogP contribution in [-0.2, 0) is 11.2 Å². The number of hydrogen-bond acceptors (Lipinski definition) is 4. The van der Waals surface area contributed by atoms with Crippen LogP contribution in [0, 0.1) is 5.82 Å². The van der Waals surface area contributed by atoms with Crippen LogP contribution in [0.4, 0.5) is 4.39 Å². The summed E-state index contributed by atoms with van der Waals surface area (Å²) in [6, 6.07) is 4.76. The Morgan fingerprint density at radius 1 is 1.29 bits per heavy atom. The van der Waals surface area contributed by atoms with Crippen molar-refractivity contribution in [1.29, 1.82) is 0 Å². The van der Waals surface area contributed by atoms with Gasteiger partial charge in [-0.3, -0.25) is 4.90 Å². The predicted molar refractivity (Wildman–Crippen MR) is 79.3 cm³/mol. The lowest BCUT2D eigenvalue weighted by Crippen LogP contribution is -2.38. The first-order valence-corrected chi connectivity index (χ1v) is 7.77. The van der Waals surface area contributed by atoms with Crippen LogP contribution in [0.3, 0.4) is 0 Å². The van der Waals surface area contributed by atoms with E-state index in [0.717, 1.165) is 70.1 Å². The Hall–Kier alpha value is -1.17. The third-order valence-corrected chi connectivity index (χ3v) is 4.07. The lowest BCUT2D eigenvalue weighted by Gasteiger charge is -2.26. The van der Waals surface area contributed by atoms with Crippen molar-refractivity contribution in [2.75, 3.05) is 45.9 Å². The molecule has 0 amide bonds. The molecule has 2 aliphatic heterocycles. The fraction of sp³-hybridized carbons (Fsp3) is 0.625. The molecule has 1 aromatic rings. The van der Waals surface area contributed by atoms with Gasteiger partial charge in [0, 0.05) is 31.6 Å². The van der Waals surface area contributed by atoms with Crippen molar-refractivity contribution in [3.8, 4) is 5.75 Å². The fourth-order valence-corrected chi connectivity index (χ4v) is 2.92. The summed E-state index contributed by atoms with van der Waals surface area (Å²) in [7, 11) is 0. The van der Waals surface area contributed by atoms with Gasteiger partial charge in [0.1, 0.15) is 17.7 Å². The Morgan fingerprint density at radius 3 is 3.00 bits per heavy atom. The van der Waals surface area contributed by atoms with Gasteiger partial charge in [-0.1, -0.05) is 0 Å². The van der Waals surface area contributed by atoms with E-state index < -0.39 is 0 Å². The van der Waals surface area contributed by atoms with Gasteiger partial charge in [0.2, 0.25) is 0 Å². The highest BCUT2D eigenvalue weighted by Crippen LogP contribution is 2.28. The predicted octanol–water partition coefficient (Wildman–Crippen LogP) is 1.44. The van der Waals surface area contributed by atoms with Crippen molar-refractivity contribution in [3.63, 3.8) is 0 Å². The first-order valence-electron chi connectivity index (χ1n) is 7.77. The quantitative estimate of drug-likeness (QED) is 0.805. The number of nitrogens with one attached hydrogen (secondary N) is 1. The molecule has 0 bridgehead atoms. The van der Waals surface area contributed by atoms with E-state index in [1.165, 1.54) is 6.07 Å². The topological polar surface area (TPSA) is 33.7 Å². The van der Waals surface area contributed by atoms with Crippen molar-refractivity contribution in [3.05, 3.63) is 29.6 Å². The maximum absolute atomic E-state index is 13.1. The first kappa shape index (κ1) is 14.8. The van der Waals surface area contributed by atoms with E-state index in [-0.39, 0.29) is 11.9 Å². The largest absolute Gasteiger partial charge is 0.488 e. The van der Waals surface area contributed by atoms with Gasteiger partial charge in [-0.25, -0.2) is 4.39 Å². The number of halogens is 1. The molecule has 0 saturated carbocycles. The zero-order chi connectivity index (χ0) is 14.5. The molecule has 0 spiro atoms. The maximum Gasteiger partial charge on any atom is 0.123 e. The smallest absolute Gasteiger partial charge is 0.123 e. The second kappa shape index (κ2) is 7.20. The van der Waals surface area contributed by atoms with Crippen molar-refractivity contribution in [2.24, 2.45) is 0 Å². The molecule has 1 fully saturated rings. The molecule has 1 atom stereocenters. The molecule has 3 rings (SSSR count). The van der Waals surface area contributed by atoms with Crippen molar-refractivity contribution in [2.45, 2.75) is 18.9 Å². The number of hydrogen-bond donors (Lipinski definition) is 1. The molecule has 0 radical (unpaired) electrons. The standard InChI is InChI=1S/C16H23FN2O2/c17-14-2-3-16-13(10-14)11-15(21-16)12-18-4-1-5-19-6-8-20-9-7-19/h2-3,10,15,18H,1,4-9,11-12H2. The van der Waals surface area contributed by atoms with Gasteiger partial charge in [-0.05, 0) is 37.7 Å². The Bertz CT molecular complexity index is 464. The minimum atomic E-state index is -0.184. The molecule has 1 saturated heterocycles. The average molecular weight is 294 g/mol. The van der Waals surface area contributed by atoms with E-state index in [1.54, 1.807) is 12.1 Å². The third kappa shape index (κ3) is 4.15. The molecule has 1 aromatic carbocycles. The molecule has 0 aliphatic carbocycles. The van der Waals surface area contributed by atoms with Gasteiger partial charge < -0.3 is 14.8 Å². The third-order valence-electron chi connectivity index (χ3n) is 4.07. The van der Waals surface area contributed by atoms with E-state index in [2.05, 4.69) is 10.2 Å². The van der Waals surface area contributed by atoms with E-state index >= 15 is 0 Å². The van der Waals surface area contributed by atoms with Crippen LogP contribution < -0.4 is 10.1 Å². The van der Waals surface area contributed by atoms with E-state index in [9.17, 15) is 4.39 Å². The highest BCUT2D eigenvalue weighted by atomic mass is 19.1. The summed E-state index contributed by atoms with van der Waals surface area (Å²) in [6.07, 6.45) is 2.06. The van der Waals surface area contributed by atoms with Crippen LogP contribution >= 0.6 is 0 Å². The SMILES string of the molecule is Fc1ccc2c(c1)CC(CNCCCN1CCOCC1)O2. The second-order valence-electron chi connectivity index (χ2n) is 5.71. The summed E-state index contributed by atoms with van der Waals surface area (Å²) in [5.41, 5.74) is 0.982. The Morgan fingerprint density at radius 2 is 2.14 bits per heavy atom. The molecule has 5 heteroatoms. The molecule has 1 unspecified atom stereocenters. The van der Waals surface area contributed by atoms with Crippen LogP contribution in [0.5, 0.6) is 5.75 Å². The molecular weight excluding hydrogens is 271 g/mol. The number of ether oxygens (including phenoxy) is 2. The van der Waals surface area contributed by atoms with Gasteiger partial charge in [0.05, 0.1) is 13.2 Å². The summed E-state index contributed by atoms with van der Waals surface area (Å²) >= 11 is 0. The normalized spacial score (nSPS) is 22.0. The van der Waals surface area contributed by atoms with Gasteiger partial charge >= 0.3 is 0 Å². The Balaban J connectivity index is 1.30. The minimum Gasteiger partial charge on any atom is -0.488 e. The van der Waals surface area contributed by atoms with E-state index in [4.69, 9.17) is 9.47 Å². The summed E-state index contributed by atoms with van der Waals surface area (Å²) in [6.45, 7) is 6.74. The van der Waals surface area contributed by atoms with Gasteiger partial charge in [0.25, 0.3) is 0 Å². The summed E-state index contributed by atoms with van der Waals surface area (Å²) in [5, 5.41) is 3.44. The van der Waals surface area contributed by atoms with Crippen LogP contribution in [0.1, 0.15) is 12.0 Å². The average Bonchev–Trinajstić information content (AvgIpc) is 2.90. The molecular formula is C16H23FN2O2. The van der Waals surface area contributed by atoms with Crippen LogP contribution in [0.25, 0.3) is 0 Å². The number of rotatable bonds is 6.